The summed E-state index contributed by atoms with van der Waals surface area (Å²) in [5, 5.41) is 14.1. The number of aromatic nitrogens is 2. The first-order chi connectivity index (χ1) is 14.0. The van der Waals surface area contributed by atoms with Crippen LogP contribution in [0.2, 0.25) is 0 Å². The third-order valence-corrected chi connectivity index (χ3v) is 3.78. The Kier molecular flexibility index (Phi) is 5.78. The Hall–Kier alpha value is -4.28. The summed E-state index contributed by atoms with van der Waals surface area (Å²) >= 11 is 0. The monoisotopic (exact) mass is 398 g/mol. The van der Waals surface area contributed by atoms with E-state index in [0.717, 1.165) is 6.33 Å². The average molecular weight is 398 g/mol. The van der Waals surface area contributed by atoms with Crippen LogP contribution in [0.4, 0.5) is 27.4 Å². The summed E-state index contributed by atoms with van der Waals surface area (Å²) in [6, 6.07) is 12.1. The first-order valence-corrected chi connectivity index (χ1v) is 8.21. The lowest BCUT2D eigenvalue weighted by atomic mass is 10.2. The molecule has 0 bridgehead atoms. The molecule has 2 aromatic carbocycles. The van der Waals surface area contributed by atoms with E-state index in [1.165, 1.54) is 31.4 Å². The Labute approximate surface area is 163 Å². The third-order valence-electron chi connectivity index (χ3n) is 3.78. The molecule has 0 aliphatic rings. The predicted molar refractivity (Wildman–Crippen MR) is 102 cm³/mol. The van der Waals surface area contributed by atoms with Crippen molar-refractivity contribution in [1.82, 2.24) is 15.4 Å². The molecular weight excluding hydrogens is 383 g/mol. The lowest BCUT2D eigenvalue weighted by Gasteiger charge is -2.12. The van der Waals surface area contributed by atoms with E-state index < -0.39 is 22.3 Å². The van der Waals surface area contributed by atoms with Crippen LogP contribution in [0.15, 0.2) is 54.9 Å². The number of nitrogens with one attached hydrogen (secondary N) is 3. The lowest BCUT2D eigenvalue weighted by molar-refractivity contribution is -0.383. The van der Waals surface area contributed by atoms with Gasteiger partial charge < -0.3 is 10.1 Å². The number of benzene rings is 2. The maximum absolute atomic E-state index is 13.9. The zero-order valence-corrected chi connectivity index (χ0v) is 15.0. The Morgan fingerprint density at radius 2 is 1.79 bits per heavy atom. The highest BCUT2D eigenvalue weighted by atomic mass is 19.1. The second-order valence-corrected chi connectivity index (χ2v) is 5.56. The zero-order valence-electron chi connectivity index (χ0n) is 15.0. The van der Waals surface area contributed by atoms with Gasteiger partial charge in [-0.2, -0.15) is 0 Å². The molecule has 3 N–H and O–H groups in total. The fourth-order valence-electron chi connectivity index (χ4n) is 2.44. The van der Waals surface area contributed by atoms with Crippen LogP contribution in [-0.2, 0) is 0 Å². The molecule has 3 aromatic rings. The minimum atomic E-state index is -0.749. The minimum absolute atomic E-state index is 0.00157. The smallest absolute Gasteiger partial charge is 0.355 e. The van der Waals surface area contributed by atoms with Crippen LogP contribution in [0.3, 0.4) is 0 Å². The van der Waals surface area contributed by atoms with Crippen LogP contribution in [0.1, 0.15) is 10.4 Å². The summed E-state index contributed by atoms with van der Waals surface area (Å²) in [4.78, 5) is 30.8. The normalized spacial score (nSPS) is 10.1. The fraction of sp³-hybridized carbons (Fsp3) is 0.0556. The second kappa shape index (κ2) is 8.61. The van der Waals surface area contributed by atoms with Crippen molar-refractivity contribution >= 4 is 28.9 Å². The van der Waals surface area contributed by atoms with Crippen LogP contribution in [0, 0.1) is 15.9 Å². The van der Waals surface area contributed by atoms with Crippen LogP contribution in [0.25, 0.3) is 0 Å². The Balaban J connectivity index is 1.85. The van der Waals surface area contributed by atoms with Gasteiger partial charge in [0.05, 0.1) is 23.3 Å². The number of nitro groups is 1. The summed E-state index contributed by atoms with van der Waals surface area (Å²) < 4.78 is 19.0. The van der Waals surface area contributed by atoms with Gasteiger partial charge in [-0.25, -0.2) is 14.4 Å². The summed E-state index contributed by atoms with van der Waals surface area (Å²) in [5.41, 5.74) is 4.36. The summed E-state index contributed by atoms with van der Waals surface area (Å²) in [5.74, 6) is -1.42. The topological polar surface area (TPSA) is 131 Å². The summed E-state index contributed by atoms with van der Waals surface area (Å²) in [6.07, 6.45) is 1.04. The van der Waals surface area contributed by atoms with E-state index in [9.17, 15) is 19.3 Å². The number of hydrogen-bond acceptors (Lipinski definition) is 8. The van der Waals surface area contributed by atoms with Crippen molar-refractivity contribution in [1.29, 1.82) is 0 Å². The molecule has 3 rings (SSSR count). The van der Waals surface area contributed by atoms with Crippen molar-refractivity contribution in [2.45, 2.75) is 0 Å². The summed E-state index contributed by atoms with van der Waals surface area (Å²) in [7, 11) is 1.41. The van der Waals surface area contributed by atoms with Gasteiger partial charge in [0.15, 0.2) is 0 Å². The molecule has 0 spiro atoms. The molecule has 0 aliphatic carbocycles. The molecule has 10 nitrogen and oxygen atoms in total. The molecule has 1 amide bonds. The Bertz CT molecular complexity index is 1060. The number of amides is 1. The first kappa shape index (κ1) is 19.5. The minimum Gasteiger partial charge on any atom is -0.496 e. The number of hydrogen-bond donors (Lipinski definition) is 3. The van der Waals surface area contributed by atoms with E-state index in [1.807, 2.05) is 0 Å². The van der Waals surface area contributed by atoms with Crippen molar-refractivity contribution in [2.75, 3.05) is 17.9 Å². The number of rotatable bonds is 7. The van der Waals surface area contributed by atoms with Crippen LogP contribution in [0.5, 0.6) is 5.75 Å². The van der Waals surface area contributed by atoms with Gasteiger partial charge in [0.25, 0.3) is 5.91 Å². The number of methoxy groups -OCH3 is 1. The van der Waals surface area contributed by atoms with E-state index >= 15 is 0 Å². The molecule has 0 aliphatic heterocycles. The van der Waals surface area contributed by atoms with E-state index in [4.69, 9.17) is 4.74 Å². The Morgan fingerprint density at radius 3 is 2.52 bits per heavy atom. The molecule has 29 heavy (non-hydrogen) atoms. The van der Waals surface area contributed by atoms with Crippen LogP contribution in [-0.4, -0.2) is 27.9 Å². The second-order valence-electron chi connectivity index (χ2n) is 5.56. The van der Waals surface area contributed by atoms with Gasteiger partial charge in [0.1, 0.15) is 17.9 Å². The average Bonchev–Trinajstić information content (AvgIpc) is 2.73. The van der Waals surface area contributed by atoms with Gasteiger partial charge in [-0.1, -0.05) is 24.3 Å². The predicted octanol–water partition coefficient (Wildman–Crippen LogP) is 3.03. The van der Waals surface area contributed by atoms with Crippen LogP contribution >= 0.6 is 0 Å². The van der Waals surface area contributed by atoms with Crippen molar-refractivity contribution in [3.05, 3.63) is 76.4 Å². The zero-order chi connectivity index (χ0) is 20.8. The van der Waals surface area contributed by atoms with Crippen LogP contribution < -0.4 is 20.9 Å². The largest absolute Gasteiger partial charge is 0.496 e. The Morgan fingerprint density at radius 1 is 1.10 bits per heavy atom. The van der Waals surface area contributed by atoms with Crippen molar-refractivity contribution in [3.63, 3.8) is 0 Å². The molecular formula is C18H15FN6O4. The highest BCUT2D eigenvalue weighted by Gasteiger charge is 2.24. The molecule has 11 heteroatoms. The van der Waals surface area contributed by atoms with Crippen molar-refractivity contribution in [3.8, 4) is 5.75 Å². The SMILES string of the molecule is COc1ccccc1C(=O)NNc1ncnc(Nc2ccccc2F)c1[N+](=O)[O-]. The van der Waals surface area contributed by atoms with Gasteiger partial charge in [0.2, 0.25) is 11.6 Å². The molecule has 1 heterocycles. The molecule has 0 saturated carbocycles. The molecule has 1 aromatic heterocycles. The highest BCUT2D eigenvalue weighted by Crippen LogP contribution is 2.31. The van der Waals surface area contributed by atoms with Gasteiger partial charge in [0, 0.05) is 0 Å². The molecule has 148 valence electrons. The lowest BCUT2D eigenvalue weighted by Crippen LogP contribution is -2.30. The number of hydrazine groups is 1. The molecule has 0 radical (unpaired) electrons. The molecule has 0 unspecified atom stereocenters. The number of nitrogens with zero attached hydrogens (tertiary/aromatic N) is 3. The number of halogens is 1. The van der Waals surface area contributed by atoms with Gasteiger partial charge in [-0.05, 0) is 24.3 Å². The van der Waals surface area contributed by atoms with E-state index in [2.05, 4.69) is 26.1 Å². The van der Waals surface area contributed by atoms with Gasteiger partial charge in [-0.3, -0.25) is 25.8 Å². The molecule has 0 atom stereocenters. The van der Waals surface area contributed by atoms with E-state index in [-0.39, 0.29) is 22.9 Å². The van der Waals surface area contributed by atoms with E-state index in [0.29, 0.717) is 5.75 Å². The highest BCUT2D eigenvalue weighted by molar-refractivity contribution is 5.97. The quantitative estimate of drug-likeness (QED) is 0.409. The first-order valence-electron chi connectivity index (χ1n) is 8.21. The number of carbonyl (C=O) groups excluding carboxylic acids is 1. The summed E-state index contributed by atoms with van der Waals surface area (Å²) in [6.45, 7) is 0. The molecule has 0 saturated heterocycles. The number of ether oxygens (including phenoxy) is 1. The fourth-order valence-corrected chi connectivity index (χ4v) is 2.44. The number of anilines is 3. The maximum Gasteiger partial charge on any atom is 0.355 e. The van der Waals surface area contributed by atoms with Gasteiger partial charge in [-0.15, -0.1) is 0 Å². The number of carbonyl (C=O) groups is 1. The maximum atomic E-state index is 13.9. The van der Waals surface area contributed by atoms with E-state index in [1.54, 1.807) is 24.3 Å². The van der Waals surface area contributed by atoms with Crippen molar-refractivity contribution < 1.29 is 18.8 Å². The third kappa shape index (κ3) is 4.35. The standard InChI is InChI=1S/C18H15FN6O4/c1-29-14-9-5-2-6-11(14)18(26)24-23-17-15(25(27)28)16(20-10-21-17)22-13-8-4-3-7-12(13)19/h2-10H,1H3,(H,24,26)(H2,20,21,22,23). The van der Waals surface area contributed by atoms with Crippen molar-refractivity contribution in [2.24, 2.45) is 0 Å². The van der Waals surface area contributed by atoms with Gasteiger partial charge >= 0.3 is 5.69 Å². The number of para-hydroxylation sites is 2. The molecule has 0 fully saturated rings.